The van der Waals surface area contributed by atoms with Crippen LogP contribution in [0.4, 0.5) is 0 Å². The summed E-state index contributed by atoms with van der Waals surface area (Å²) in [5, 5.41) is 0. The van der Waals surface area contributed by atoms with Crippen LogP contribution in [0.5, 0.6) is 0 Å². The second-order valence-electron chi connectivity index (χ2n) is 4.87. The van der Waals surface area contributed by atoms with Gasteiger partial charge in [-0.05, 0) is 12.5 Å². The lowest BCUT2D eigenvalue weighted by molar-refractivity contribution is 0.555. The SMILES string of the molecule is CCCCCCc1nc2cc3oc(=O)[nH]c3cc2[nH]1. The number of nitrogens with zero attached hydrogens (tertiary/aromatic N) is 1. The highest BCUT2D eigenvalue weighted by atomic mass is 16.4. The Hall–Kier alpha value is -2.04. The minimum absolute atomic E-state index is 0.428. The monoisotopic (exact) mass is 259 g/mol. The summed E-state index contributed by atoms with van der Waals surface area (Å²) < 4.78 is 5.03. The lowest BCUT2D eigenvalue weighted by Crippen LogP contribution is -1.92. The van der Waals surface area contributed by atoms with Crippen LogP contribution in [0.3, 0.4) is 0 Å². The fraction of sp³-hybridized carbons (Fsp3) is 0.429. The van der Waals surface area contributed by atoms with Crippen LogP contribution >= 0.6 is 0 Å². The molecule has 0 aliphatic heterocycles. The van der Waals surface area contributed by atoms with E-state index in [4.69, 9.17) is 4.42 Å². The summed E-state index contributed by atoms with van der Waals surface area (Å²) in [6.07, 6.45) is 5.87. The summed E-state index contributed by atoms with van der Waals surface area (Å²) in [4.78, 5) is 21.6. The number of aromatic amines is 2. The molecule has 2 aromatic heterocycles. The molecule has 0 amide bonds. The maximum atomic E-state index is 11.1. The van der Waals surface area contributed by atoms with Gasteiger partial charge >= 0.3 is 5.76 Å². The van der Waals surface area contributed by atoms with E-state index in [1.54, 1.807) is 6.07 Å². The van der Waals surface area contributed by atoms with E-state index in [1.165, 1.54) is 19.3 Å². The molecule has 0 saturated carbocycles. The molecule has 0 unspecified atom stereocenters. The van der Waals surface area contributed by atoms with Gasteiger partial charge in [0.2, 0.25) is 0 Å². The van der Waals surface area contributed by atoms with Gasteiger partial charge in [0, 0.05) is 12.5 Å². The van der Waals surface area contributed by atoms with Gasteiger partial charge in [-0.3, -0.25) is 4.98 Å². The molecular formula is C14H17N3O2. The zero-order valence-corrected chi connectivity index (χ0v) is 11.0. The van der Waals surface area contributed by atoms with Gasteiger partial charge < -0.3 is 9.40 Å². The molecular weight excluding hydrogens is 242 g/mol. The molecule has 19 heavy (non-hydrogen) atoms. The maximum absolute atomic E-state index is 11.1. The minimum atomic E-state index is -0.428. The molecule has 2 N–H and O–H groups in total. The van der Waals surface area contributed by atoms with Gasteiger partial charge in [-0.2, -0.15) is 0 Å². The molecule has 0 atom stereocenters. The molecule has 0 fully saturated rings. The first kappa shape index (κ1) is 12.0. The third kappa shape index (κ3) is 2.41. The van der Waals surface area contributed by atoms with Crippen LogP contribution in [0.1, 0.15) is 38.4 Å². The quantitative estimate of drug-likeness (QED) is 0.691. The molecule has 0 radical (unpaired) electrons. The number of aromatic nitrogens is 3. The predicted molar refractivity (Wildman–Crippen MR) is 74.3 cm³/mol. The second-order valence-corrected chi connectivity index (χ2v) is 4.87. The van der Waals surface area contributed by atoms with E-state index in [0.717, 1.165) is 29.7 Å². The van der Waals surface area contributed by atoms with E-state index in [-0.39, 0.29) is 0 Å². The van der Waals surface area contributed by atoms with Crippen LogP contribution < -0.4 is 5.76 Å². The number of oxazole rings is 1. The van der Waals surface area contributed by atoms with Gasteiger partial charge in [0.1, 0.15) is 5.82 Å². The number of fused-ring (bicyclic) bond motifs is 2. The number of imidazole rings is 1. The Balaban J connectivity index is 1.86. The third-order valence-corrected chi connectivity index (χ3v) is 3.34. The highest BCUT2D eigenvalue weighted by Crippen LogP contribution is 2.19. The molecule has 0 bridgehead atoms. The van der Waals surface area contributed by atoms with Crippen molar-refractivity contribution >= 4 is 22.1 Å². The first-order valence-electron chi connectivity index (χ1n) is 6.77. The highest BCUT2D eigenvalue weighted by Gasteiger charge is 2.07. The molecule has 0 aliphatic carbocycles. The molecule has 0 aliphatic rings. The van der Waals surface area contributed by atoms with Crippen LogP contribution in [0.2, 0.25) is 0 Å². The fourth-order valence-corrected chi connectivity index (χ4v) is 2.35. The van der Waals surface area contributed by atoms with Crippen LogP contribution in [0.25, 0.3) is 22.1 Å². The average Bonchev–Trinajstić information content (AvgIpc) is 2.92. The normalized spacial score (nSPS) is 11.6. The molecule has 100 valence electrons. The average molecular weight is 259 g/mol. The largest absolute Gasteiger partial charge is 0.417 e. The van der Waals surface area contributed by atoms with Gasteiger partial charge in [0.25, 0.3) is 0 Å². The maximum Gasteiger partial charge on any atom is 0.417 e. The van der Waals surface area contributed by atoms with Crippen molar-refractivity contribution in [1.82, 2.24) is 15.0 Å². The Morgan fingerprint density at radius 1 is 1.16 bits per heavy atom. The van der Waals surface area contributed by atoms with Crippen molar-refractivity contribution in [2.24, 2.45) is 0 Å². The number of nitrogens with one attached hydrogen (secondary N) is 2. The Bertz CT molecular complexity index is 697. The molecule has 3 rings (SSSR count). The zero-order chi connectivity index (χ0) is 13.2. The number of hydrogen-bond donors (Lipinski definition) is 2. The molecule has 5 nitrogen and oxygen atoms in total. The molecule has 3 aromatic rings. The van der Waals surface area contributed by atoms with E-state index in [0.29, 0.717) is 11.1 Å². The van der Waals surface area contributed by atoms with Gasteiger partial charge in [0.05, 0.1) is 16.6 Å². The van der Waals surface area contributed by atoms with Crippen molar-refractivity contribution in [3.8, 4) is 0 Å². The van der Waals surface area contributed by atoms with E-state index >= 15 is 0 Å². The Kier molecular flexibility index (Phi) is 3.11. The number of benzene rings is 1. The van der Waals surface area contributed by atoms with Crippen molar-refractivity contribution < 1.29 is 4.42 Å². The molecule has 0 spiro atoms. The minimum Gasteiger partial charge on any atom is -0.408 e. The Morgan fingerprint density at radius 2 is 2.05 bits per heavy atom. The van der Waals surface area contributed by atoms with Crippen LogP contribution in [0.15, 0.2) is 21.3 Å². The number of rotatable bonds is 5. The highest BCUT2D eigenvalue weighted by molar-refractivity contribution is 5.89. The number of unbranched alkanes of at least 4 members (excludes halogenated alkanes) is 3. The zero-order valence-electron chi connectivity index (χ0n) is 11.0. The van der Waals surface area contributed by atoms with E-state index < -0.39 is 5.76 Å². The lowest BCUT2D eigenvalue weighted by atomic mass is 10.1. The molecule has 5 heteroatoms. The standard InChI is InChI=1S/C14H17N3O2/c1-2-3-4-5-6-13-15-9-7-11-12(8-10(9)16-13)19-14(18)17-11/h7-8H,2-6H2,1H3,(H,15,16)(H,17,18). The fourth-order valence-electron chi connectivity index (χ4n) is 2.35. The summed E-state index contributed by atoms with van der Waals surface area (Å²) in [7, 11) is 0. The molecule has 1 aromatic carbocycles. The third-order valence-electron chi connectivity index (χ3n) is 3.34. The van der Waals surface area contributed by atoms with Crippen LogP contribution in [-0.2, 0) is 6.42 Å². The number of H-pyrrole nitrogens is 2. The van der Waals surface area contributed by atoms with E-state index in [9.17, 15) is 4.79 Å². The summed E-state index contributed by atoms with van der Waals surface area (Å²) >= 11 is 0. The Morgan fingerprint density at radius 3 is 2.89 bits per heavy atom. The smallest absolute Gasteiger partial charge is 0.408 e. The second kappa shape index (κ2) is 4.91. The first-order valence-corrected chi connectivity index (χ1v) is 6.77. The van der Waals surface area contributed by atoms with Crippen molar-refractivity contribution in [3.05, 3.63) is 28.5 Å². The van der Waals surface area contributed by atoms with Crippen molar-refractivity contribution in [2.75, 3.05) is 0 Å². The number of hydrogen-bond acceptors (Lipinski definition) is 3. The van der Waals surface area contributed by atoms with E-state index in [1.807, 2.05) is 6.07 Å². The summed E-state index contributed by atoms with van der Waals surface area (Å²) in [5.41, 5.74) is 3.05. The first-order chi connectivity index (χ1) is 9.26. The molecule has 0 saturated heterocycles. The summed E-state index contributed by atoms with van der Waals surface area (Å²) in [6.45, 7) is 2.21. The van der Waals surface area contributed by atoms with Crippen LogP contribution in [-0.4, -0.2) is 15.0 Å². The topological polar surface area (TPSA) is 74.7 Å². The van der Waals surface area contributed by atoms with E-state index in [2.05, 4.69) is 21.9 Å². The lowest BCUT2D eigenvalue weighted by Gasteiger charge is -1.95. The summed E-state index contributed by atoms with van der Waals surface area (Å²) in [5.74, 6) is 0.573. The van der Waals surface area contributed by atoms with Gasteiger partial charge in [0.15, 0.2) is 5.58 Å². The number of aryl methyl sites for hydroxylation is 1. The Labute approximate surface area is 110 Å². The summed E-state index contributed by atoms with van der Waals surface area (Å²) in [6, 6.07) is 3.67. The predicted octanol–water partition coefficient (Wildman–Crippen LogP) is 3.12. The van der Waals surface area contributed by atoms with Gasteiger partial charge in [-0.25, -0.2) is 9.78 Å². The van der Waals surface area contributed by atoms with Crippen molar-refractivity contribution in [3.63, 3.8) is 0 Å². The van der Waals surface area contributed by atoms with Crippen molar-refractivity contribution in [2.45, 2.75) is 39.0 Å². The van der Waals surface area contributed by atoms with Gasteiger partial charge in [-0.1, -0.05) is 26.2 Å². The van der Waals surface area contributed by atoms with Gasteiger partial charge in [-0.15, -0.1) is 0 Å². The molecule has 2 heterocycles. The van der Waals surface area contributed by atoms with Crippen molar-refractivity contribution in [1.29, 1.82) is 0 Å². The van der Waals surface area contributed by atoms with Crippen LogP contribution in [0, 0.1) is 0 Å².